The molecule has 0 aliphatic heterocycles. The first-order valence-electron chi connectivity index (χ1n) is 5.26. The lowest BCUT2D eigenvalue weighted by Crippen LogP contribution is -2.44. The second-order valence-electron chi connectivity index (χ2n) is 4.15. The highest BCUT2D eigenvalue weighted by Gasteiger charge is 2.23. The van der Waals surface area contributed by atoms with Gasteiger partial charge in [0.1, 0.15) is 0 Å². The zero-order valence-corrected chi connectivity index (χ0v) is 8.91. The average molecular weight is 196 g/mol. The summed E-state index contributed by atoms with van der Waals surface area (Å²) in [4.78, 5) is 13.4. The normalized spacial score (nSPS) is 18.4. The highest BCUT2D eigenvalue weighted by Crippen LogP contribution is 2.26. The van der Waals surface area contributed by atoms with Gasteiger partial charge in [-0.3, -0.25) is 4.79 Å². The average Bonchev–Trinajstić information content (AvgIpc) is 2.10. The van der Waals surface area contributed by atoms with Crippen molar-refractivity contribution < 1.29 is 4.79 Å². The van der Waals surface area contributed by atoms with Gasteiger partial charge in [0.15, 0.2) is 0 Å². The molecule has 1 fully saturated rings. The van der Waals surface area contributed by atoms with Crippen LogP contribution in [-0.2, 0) is 4.79 Å². The van der Waals surface area contributed by atoms with Crippen LogP contribution in [0, 0.1) is 5.92 Å². The van der Waals surface area contributed by atoms with E-state index >= 15 is 0 Å². The fraction of sp³-hybridized carbons (Fsp3) is 0.727. The molecule has 1 atom stereocenters. The topological polar surface area (TPSA) is 46.3 Å². The van der Waals surface area contributed by atoms with Gasteiger partial charge in [-0.15, -0.1) is 6.58 Å². The van der Waals surface area contributed by atoms with Crippen LogP contribution in [0.2, 0.25) is 0 Å². The lowest BCUT2D eigenvalue weighted by atomic mass is 9.85. The van der Waals surface area contributed by atoms with Gasteiger partial charge in [-0.25, -0.2) is 0 Å². The van der Waals surface area contributed by atoms with Crippen molar-refractivity contribution in [3.05, 3.63) is 12.7 Å². The van der Waals surface area contributed by atoms with E-state index in [4.69, 9.17) is 5.73 Å². The van der Waals surface area contributed by atoms with E-state index in [1.54, 1.807) is 11.0 Å². The van der Waals surface area contributed by atoms with E-state index in [1.165, 1.54) is 19.3 Å². The monoisotopic (exact) mass is 196 g/mol. The number of nitrogens with zero attached hydrogens (tertiary/aromatic N) is 1. The van der Waals surface area contributed by atoms with Crippen LogP contribution in [0.3, 0.4) is 0 Å². The Hall–Kier alpha value is -0.830. The first kappa shape index (κ1) is 11.2. The fourth-order valence-corrected chi connectivity index (χ4v) is 1.72. The van der Waals surface area contributed by atoms with E-state index in [9.17, 15) is 4.79 Å². The lowest BCUT2D eigenvalue weighted by Gasteiger charge is -2.31. The van der Waals surface area contributed by atoms with Gasteiger partial charge in [0.05, 0.1) is 6.04 Å². The van der Waals surface area contributed by atoms with Crippen molar-refractivity contribution in [3.63, 3.8) is 0 Å². The molecular weight excluding hydrogens is 176 g/mol. The molecule has 1 aliphatic carbocycles. The van der Waals surface area contributed by atoms with E-state index < -0.39 is 6.04 Å². The number of hydrogen-bond acceptors (Lipinski definition) is 2. The molecule has 1 unspecified atom stereocenters. The molecule has 1 rings (SSSR count). The smallest absolute Gasteiger partial charge is 0.239 e. The van der Waals surface area contributed by atoms with Gasteiger partial charge < -0.3 is 10.6 Å². The maximum Gasteiger partial charge on any atom is 0.239 e. The van der Waals surface area contributed by atoms with Gasteiger partial charge in [-0.1, -0.05) is 12.5 Å². The summed E-state index contributed by atoms with van der Waals surface area (Å²) in [6, 6.07) is -0.405. The summed E-state index contributed by atoms with van der Waals surface area (Å²) < 4.78 is 0. The molecule has 0 bridgehead atoms. The Kier molecular flexibility index (Phi) is 4.14. The molecule has 80 valence electrons. The quantitative estimate of drug-likeness (QED) is 0.670. The first-order chi connectivity index (χ1) is 6.65. The molecule has 0 radical (unpaired) electrons. The van der Waals surface area contributed by atoms with Crippen LogP contribution >= 0.6 is 0 Å². The molecule has 0 aromatic rings. The summed E-state index contributed by atoms with van der Waals surface area (Å²) in [5.74, 6) is 0.747. The van der Waals surface area contributed by atoms with Crippen LogP contribution in [0.1, 0.15) is 25.7 Å². The molecule has 3 heteroatoms. The van der Waals surface area contributed by atoms with E-state index in [-0.39, 0.29) is 5.91 Å². The lowest BCUT2D eigenvalue weighted by molar-refractivity contribution is -0.132. The molecule has 0 saturated heterocycles. The number of carbonyl (C=O) groups excluding carboxylic acids is 1. The van der Waals surface area contributed by atoms with E-state index in [0.717, 1.165) is 6.54 Å². The van der Waals surface area contributed by atoms with Gasteiger partial charge in [0, 0.05) is 13.6 Å². The SMILES string of the molecule is C=CCC(N)C(=O)N(C)CC1CCC1. The van der Waals surface area contributed by atoms with Crippen molar-refractivity contribution >= 4 is 5.91 Å². The highest BCUT2D eigenvalue weighted by atomic mass is 16.2. The minimum Gasteiger partial charge on any atom is -0.344 e. The third kappa shape index (κ3) is 2.84. The zero-order chi connectivity index (χ0) is 10.6. The van der Waals surface area contributed by atoms with Crippen molar-refractivity contribution in [2.45, 2.75) is 31.7 Å². The van der Waals surface area contributed by atoms with E-state index in [0.29, 0.717) is 12.3 Å². The zero-order valence-electron chi connectivity index (χ0n) is 8.91. The molecular formula is C11H20N2O. The first-order valence-corrected chi connectivity index (χ1v) is 5.26. The molecule has 1 saturated carbocycles. The highest BCUT2D eigenvalue weighted by molar-refractivity contribution is 5.81. The summed E-state index contributed by atoms with van der Waals surface area (Å²) in [6.45, 7) is 4.44. The summed E-state index contributed by atoms with van der Waals surface area (Å²) >= 11 is 0. The summed E-state index contributed by atoms with van der Waals surface area (Å²) in [5.41, 5.74) is 5.70. The van der Waals surface area contributed by atoms with Crippen molar-refractivity contribution in [1.82, 2.24) is 4.90 Å². The van der Waals surface area contributed by atoms with Gasteiger partial charge in [0.2, 0.25) is 5.91 Å². The third-order valence-electron chi connectivity index (χ3n) is 2.87. The van der Waals surface area contributed by atoms with E-state index in [2.05, 4.69) is 6.58 Å². The molecule has 3 nitrogen and oxygen atoms in total. The van der Waals surface area contributed by atoms with Crippen LogP contribution in [0.15, 0.2) is 12.7 Å². The van der Waals surface area contributed by atoms with Gasteiger partial charge in [-0.2, -0.15) is 0 Å². The molecule has 1 aliphatic rings. The van der Waals surface area contributed by atoms with Crippen LogP contribution in [-0.4, -0.2) is 30.4 Å². The Morgan fingerprint density at radius 1 is 1.71 bits per heavy atom. The molecule has 0 aromatic heterocycles. The fourth-order valence-electron chi connectivity index (χ4n) is 1.72. The van der Waals surface area contributed by atoms with Gasteiger partial charge >= 0.3 is 0 Å². The van der Waals surface area contributed by atoms with Gasteiger partial charge in [0.25, 0.3) is 0 Å². The standard InChI is InChI=1S/C11H20N2O/c1-3-5-10(12)11(14)13(2)8-9-6-4-7-9/h3,9-10H,1,4-8,12H2,2H3. The molecule has 2 N–H and O–H groups in total. The number of nitrogens with two attached hydrogens (primary N) is 1. The Morgan fingerprint density at radius 2 is 2.36 bits per heavy atom. The molecule has 1 amide bonds. The van der Waals surface area contributed by atoms with Crippen molar-refractivity contribution in [1.29, 1.82) is 0 Å². The second-order valence-corrected chi connectivity index (χ2v) is 4.15. The number of rotatable bonds is 5. The van der Waals surface area contributed by atoms with Crippen LogP contribution in [0.5, 0.6) is 0 Å². The van der Waals surface area contributed by atoms with Crippen molar-refractivity contribution in [2.24, 2.45) is 11.7 Å². The van der Waals surface area contributed by atoms with Crippen LogP contribution in [0.25, 0.3) is 0 Å². The van der Waals surface area contributed by atoms with E-state index in [1.807, 2.05) is 7.05 Å². The minimum atomic E-state index is -0.405. The summed E-state index contributed by atoms with van der Waals surface area (Å²) in [5, 5.41) is 0. The predicted octanol–water partition coefficient (Wildman–Crippen LogP) is 1.15. The molecule has 0 heterocycles. The van der Waals surface area contributed by atoms with Crippen LogP contribution in [0.4, 0.5) is 0 Å². The Morgan fingerprint density at radius 3 is 2.79 bits per heavy atom. The third-order valence-corrected chi connectivity index (χ3v) is 2.87. The molecule has 0 aromatic carbocycles. The molecule has 0 spiro atoms. The number of likely N-dealkylation sites (N-methyl/N-ethyl adjacent to an activating group) is 1. The maximum atomic E-state index is 11.7. The Balaban J connectivity index is 2.30. The van der Waals surface area contributed by atoms with Crippen molar-refractivity contribution in [3.8, 4) is 0 Å². The van der Waals surface area contributed by atoms with Crippen molar-refractivity contribution in [2.75, 3.05) is 13.6 Å². The summed E-state index contributed by atoms with van der Waals surface area (Å²) in [7, 11) is 1.84. The van der Waals surface area contributed by atoms with Gasteiger partial charge in [-0.05, 0) is 25.2 Å². The number of carbonyl (C=O) groups is 1. The number of hydrogen-bond donors (Lipinski definition) is 1. The Bertz CT molecular complexity index is 211. The Labute approximate surface area is 86.0 Å². The number of amides is 1. The summed E-state index contributed by atoms with van der Waals surface area (Å²) in [6.07, 6.45) is 6.08. The van der Waals surface area contributed by atoms with Crippen LogP contribution < -0.4 is 5.73 Å². The minimum absolute atomic E-state index is 0.0387. The molecule has 14 heavy (non-hydrogen) atoms. The largest absolute Gasteiger partial charge is 0.344 e. The second kappa shape index (κ2) is 5.15. The predicted molar refractivity (Wildman–Crippen MR) is 57.8 cm³/mol. The maximum absolute atomic E-state index is 11.7.